The molecule has 0 aromatic heterocycles. The summed E-state index contributed by atoms with van der Waals surface area (Å²) in [6, 6.07) is 0. The second-order valence-corrected chi connectivity index (χ2v) is 3.29. The van der Waals surface area contributed by atoms with Crippen molar-refractivity contribution in [2.24, 2.45) is 0 Å². The highest BCUT2D eigenvalue weighted by Crippen LogP contribution is 2.20. The van der Waals surface area contributed by atoms with E-state index < -0.39 is 48.9 Å². The lowest BCUT2D eigenvalue weighted by atomic mass is 9.91. The van der Waals surface area contributed by atoms with Crippen molar-refractivity contribution in [3.63, 3.8) is 0 Å². The molecule has 0 aromatic carbocycles. The molecule has 0 saturated carbocycles. The molecule has 2 atom stereocenters. The van der Waals surface area contributed by atoms with Crippen LogP contribution >= 0.6 is 0 Å². The van der Waals surface area contributed by atoms with Gasteiger partial charge >= 0.3 is 17.9 Å². The maximum Gasteiger partial charge on any atom is 0.335 e. The predicted molar refractivity (Wildman–Crippen MR) is 47.7 cm³/mol. The topological polar surface area (TPSA) is 152 Å². The average molecular weight is 236 g/mol. The molecule has 0 aromatic rings. The Bertz CT molecular complexity index is 298. The van der Waals surface area contributed by atoms with Crippen LogP contribution in [0.25, 0.3) is 0 Å². The molecule has 0 rings (SSSR count). The second kappa shape index (κ2) is 5.42. The molecule has 0 aliphatic rings. The van der Waals surface area contributed by atoms with E-state index in [1.54, 1.807) is 0 Å². The van der Waals surface area contributed by atoms with Gasteiger partial charge in [-0.25, -0.2) is 9.59 Å². The zero-order valence-corrected chi connectivity index (χ0v) is 8.16. The molecule has 2 unspecified atom stereocenters. The number of aliphatic hydroxyl groups is 2. The molecule has 0 bridgehead atoms. The molecular formula is C8H12O8. The molecule has 0 spiro atoms. The number of carboxylic acids is 3. The Labute approximate surface area is 89.7 Å². The van der Waals surface area contributed by atoms with Gasteiger partial charge in [-0.15, -0.1) is 0 Å². The highest BCUT2D eigenvalue weighted by atomic mass is 16.4. The Hall–Kier alpha value is -1.67. The van der Waals surface area contributed by atoms with Crippen molar-refractivity contribution >= 4 is 17.9 Å². The van der Waals surface area contributed by atoms with Gasteiger partial charge in [-0.1, -0.05) is 0 Å². The minimum atomic E-state index is -2.56. The zero-order valence-electron chi connectivity index (χ0n) is 8.16. The Morgan fingerprint density at radius 3 is 1.94 bits per heavy atom. The van der Waals surface area contributed by atoms with Gasteiger partial charge in [0, 0.05) is 12.8 Å². The van der Waals surface area contributed by atoms with Crippen LogP contribution in [0.1, 0.15) is 19.3 Å². The van der Waals surface area contributed by atoms with E-state index in [2.05, 4.69) is 0 Å². The van der Waals surface area contributed by atoms with Crippen LogP contribution in [0, 0.1) is 0 Å². The van der Waals surface area contributed by atoms with E-state index in [-0.39, 0.29) is 0 Å². The van der Waals surface area contributed by atoms with Gasteiger partial charge in [-0.05, 0) is 6.42 Å². The summed E-state index contributed by atoms with van der Waals surface area (Å²) >= 11 is 0. The summed E-state index contributed by atoms with van der Waals surface area (Å²) in [7, 11) is 0. The average Bonchev–Trinajstić information content (AvgIpc) is 2.14. The lowest BCUT2D eigenvalue weighted by molar-refractivity contribution is -0.167. The first-order chi connectivity index (χ1) is 7.19. The smallest absolute Gasteiger partial charge is 0.335 e. The summed E-state index contributed by atoms with van der Waals surface area (Å²) in [4.78, 5) is 31.1. The number of rotatable bonds is 7. The Morgan fingerprint density at radius 2 is 1.62 bits per heavy atom. The summed E-state index contributed by atoms with van der Waals surface area (Å²) in [5.74, 6) is -4.78. The van der Waals surface area contributed by atoms with E-state index in [0.29, 0.717) is 0 Å². The van der Waals surface area contributed by atoms with Crippen LogP contribution < -0.4 is 0 Å². The standard InChI is InChI=1S/C8H12O8/c9-4(6(12)13)3-8(16,7(14)15)2-1-5(10)11/h4,9,16H,1-3H2,(H,10,11)(H,12,13)(H,14,15). The lowest BCUT2D eigenvalue weighted by Gasteiger charge is -2.23. The minimum Gasteiger partial charge on any atom is -0.481 e. The van der Waals surface area contributed by atoms with Gasteiger partial charge in [0.15, 0.2) is 11.7 Å². The molecule has 8 nitrogen and oxygen atoms in total. The van der Waals surface area contributed by atoms with Crippen LogP contribution in [0.3, 0.4) is 0 Å². The molecule has 92 valence electrons. The van der Waals surface area contributed by atoms with Crippen molar-refractivity contribution in [3.05, 3.63) is 0 Å². The molecule has 8 heteroatoms. The van der Waals surface area contributed by atoms with E-state index in [1.807, 2.05) is 0 Å². The number of hydrogen-bond donors (Lipinski definition) is 5. The highest BCUT2D eigenvalue weighted by molar-refractivity contribution is 5.80. The monoisotopic (exact) mass is 236 g/mol. The van der Waals surface area contributed by atoms with Crippen LogP contribution in [-0.4, -0.2) is 55.1 Å². The molecule has 0 saturated heterocycles. The van der Waals surface area contributed by atoms with Crippen molar-refractivity contribution < 1.29 is 39.9 Å². The fraction of sp³-hybridized carbons (Fsp3) is 0.625. The number of hydrogen-bond acceptors (Lipinski definition) is 5. The molecule has 0 amide bonds. The van der Waals surface area contributed by atoms with E-state index in [9.17, 15) is 19.5 Å². The molecule has 0 radical (unpaired) electrons. The number of carboxylic acid groups (broad SMARTS) is 3. The summed E-state index contributed by atoms with van der Waals surface area (Å²) in [5, 5.41) is 43.7. The van der Waals surface area contributed by atoms with Gasteiger partial charge in [0.25, 0.3) is 0 Å². The fourth-order valence-electron chi connectivity index (χ4n) is 1.02. The maximum atomic E-state index is 10.6. The van der Waals surface area contributed by atoms with Gasteiger partial charge in [-0.2, -0.15) is 0 Å². The number of aliphatic hydroxyl groups excluding tert-OH is 1. The molecule has 0 heterocycles. The van der Waals surface area contributed by atoms with Gasteiger partial charge in [0.05, 0.1) is 0 Å². The third-order valence-electron chi connectivity index (χ3n) is 1.97. The molecule has 0 fully saturated rings. The molecule has 5 N–H and O–H groups in total. The van der Waals surface area contributed by atoms with E-state index in [0.717, 1.165) is 0 Å². The SMILES string of the molecule is O=C(O)CCC(O)(CC(O)C(=O)O)C(=O)O. The van der Waals surface area contributed by atoms with Crippen molar-refractivity contribution in [2.75, 3.05) is 0 Å². The Balaban J connectivity index is 4.63. The minimum absolute atomic E-state index is 0.644. The van der Waals surface area contributed by atoms with E-state index in [1.165, 1.54) is 0 Å². The van der Waals surface area contributed by atoms with Gasteiger partial charge in [0.2, 0.25) is 0 Å². The van der Waals surface area contributed by atoms with Gasteiger partial charge < -0.3 is 25.5 Å². The van der Waals surface area contributed by atoms with Crippen LogP contribution in [0.2, 0.25) is 0 Å². The zero-order chi connectivity index (χ0) is 12.9. The predicted octanol–water partition coefficient (Wildman–Crippen LogP) is -1.50. The van der Waals surface area contributed by atoms with Crippen LogP contribution in [0.4, 0.5) is 0 Å². The quantitative estimate of drug-likeness (QED) is 0.358. The van der Waals surface area contributed by atoms with Crippen LogP contribution in [0.5, 0.6) is 0 Å². The summed E-state index contributed by atoms with van der Waals surface area (Å²) in [5.41, 5.74) is -2.56. The normalized spacial score (nSPS) is 16.1. The van der Waals surface area contributed by atoms with E-state index >= 15 is 0 Å². The molecular weight excluding hydrogens is 224 g/mol. The van der Waals surface area contributed by atoms with Gasteiger partial charge in [0.1, 0.15) is 0 Å². The van der Waals surface area contributed by atoms with Crippen molar-refractivity contribution in [2.45, 2.75) is 31.0 Å². The third kappa shape index (κ3) is 4.24. The van der Waals surface area contributed by atoms with Gasteiger partial charge in [-0.3, -0.25) is 4.79 Å². The number of aliphatic carboxylic acids is 3. The van der Waals surface area contributed by atoms with Crippen molar-refractivity contribution in [3.8, 4) is 0 Å². The first-order valence-corrected chi connectivity index (χ1v) is 4.27. The fourth-order valence-corrected chi connectivity index (χ4v) is 1.02. The third-order valence-corrected chi connectivity index (χ3v) is 1.97. The maximum absolute atomic E-state index is 10.6. The second-order valence-electron chi connectivity index (χ2n) is 3.29. The largest absolute Gasteiger partial charge is 0.481 e. The number of carbonyl (C=O) groups is 3. The summed E-state index contributed by atoms with van der Waals surface area (Å²) < 4.78 is 0. The molecule has 0 aliphatic heterocycles. The lowest BCUT2D eigenvalue weighted by Crippen LogP contribution is -2.44. The summed E-state index contributed by atoms with van der Waals surface area (Å²) in [6.07, 6.45) is -4.35. The summed E-state index contributed by atoms with van der Waals surface area (Å²) in [6.45, 7) is 0. The van der Waals surface area contributed by atoms with Crippen molar-refractivity contribution in [1.82, 2.24) is 0 Å². The highest BCUT2D eigenvalue weighted by Gasteiger charge is 2.40. The first-order valence-electron chi connectivity index (χ1n) is 4.27. The van der Waals surface area contributed by atoms with Crippen LogP contribution in [0.15, 0.2) is 0 Å². The Kier molecular flexibility index (Phi) is 4.86. The molecule has 16 heavy (non-hydrogen) atoms. The van der Waals surface area contributed by atoms with Crippen molar-refractivity contribution in [1.29, 1.82) is 0 Å². The Morgan fingerprint density at radius 1 is 1.12 bits per heavy atom. The van der Waals surface area contributed by atoms with E-state index in [4.69, 9.17) is 20.4 Å². The van der Waals surface area contributed by atoms with Crippen LogP contribution in [-0.2, 0) is 14.4 Å². The molecule has 0 aliphatic carbocycles. The first kappa shape index (κ1) is 14.3.